The van der Waals surface area contributed by atoms with E-state index in [0.29, 0.717) is 45.5 Å². The normalized spacial score (nSPS) is 11.2. The first-order chi connectivity index (χ1) is 18.6. The number of phenolic OH excluding ortho intramolecular Hbond substituents is 2. The highest BCUT2D eigenvalue weighted by Crippen LogP contribution is 2.31. The van der Waals surface area contributed by atoms with Crippen LogP contribution >= 0.6 is 0 Å². The van der Waals surface area contributed by atoms with Crippen LogP contribution in [0.1, 0.15) is 11.1 Å². The van der Waals surface area contributed by atoms with Gasteiger partial charge in [0.25, 0.3) is 0 Å². The van der Waals surface area contributed by atoms with Crippen molar-refractivity contribution in [2.24, 2.45) is 9.98 Å². The molecule has 38 heavy (non-hydrogen) atoms. The van der Waals surface area contributed by atoms with Crippen LogP contribution in [0.2, 0.25) is 0 Å². The van der Waals surface area contributed by atoms with Gasteiger partial charge in [-0.2, -0.15) is 0 Å². The Balaban J connectivity index is 1.27. The van der Waals surface area contributed by atoms with E-state index in [9.17, 15) is 10.2 Å². The zero-order chi connectivity index (χ0) is 26.2. The summed E-state index contributed by atoms with van der Waals surface area (Å²) in [7, 11) is 0. The predicted octanol–water partition coefficient (Wildman–Crippen LogP) is 8.18. The molecule has 0 radical (unpaired) electrons. The number of phenols is 2. The van der Waals surface area contributed by atoms with Gasteiger partial charge in [0, 0.05) is 41.8 Å². The van der Waals surface area contributed by atoms with Crippen molar-refractivity contribution in [3.8, 4) is 34.5 Å². The van der Waals surface area contributed by atoms with E-state index in [1.165, 1.54) is 0 Å². The zero-order valence-corrected chi connectivity index (χ0v) is 20.3. The van der Waals surface area contributed by atoms with E-state index < -0.39 is 0 Å². The van der Waals surface area contributed by atoms with E-state index >= 15 is 0 Å². The van der Waals surface area contributed by atoms with Gasteiger partial charge >= 0.3 is 0 Å². The Morgan fingerprint density at radius 2 is 0.842 bits per heavy atom. The van der Waals surface area contributed by atoms with Crippen LogP contribution in [0.4, 0.5) is 11.4 Å². The van der Waals surface area contributed by atoms with Gasteiger partial charge < -0.3 is 19.7 Å². The summed E-state index contributed by atoms with van der Waals surface area (Å²) < 4.78 is 12.1. The zero-order valence-electron chi connectivity index (χ0n) is 20.3. The smallest absolute Gasteiger partial charge is 0.131 e. The molecule has 0 amide bonds. The standard InChI is InChI=1S/C32H24N2O4/c35-31-16-3-1-8-23(31)21-33-25-10-5-12-27(18-25)37-29-14-7-15-30(20-29)38-28-13-6-11-26(19-28)34-22-24-9-2-4-17-32(24)36/h1-22,35-36H. The molecule has 186 valence electrons. The van der Waals surface area contributed by atoms with Crippen molar-refractivity contribution >= 4 is 23.8 Å². The quantitative estimate of drug-likeness (QED) is 0.210. The predicted molar refractivity (Wildman–Crippen MR) is 150 cm³/mol. The van der Waals surface area contributed by atoms with Crippen LogP contribution in [0, 0.1) is 0 Å². The maximum Gasteiger partial charge on any atom is 0.131 e. The van der Waals surface area contributed by atoms with Crippen LogP contribution in [-0.4, -0.2) is 22.6 Å². The molecule has 0 aliphatic heterocycles. The number of hydrogen-bond donors (Lipinski definition) is 2. The molecule has 6 heteroatoms. The lowest BCUT2D eigenvalue weighted by atomic mass is 10.2. The number of para-hydroxylation sites is 2. The third-order valence-electron chi connectivity index (χ3n) is 5.49. The van der Waals surface area contributed by atoms with Crippen LogP contribution in [0.5, 0.6) is 34.5 Å². The minimum atomic E-state index is 0.174. The van der Waals surface area contributed by atoms with E-state index in [1.807, 2.05) is 78.9 Å². The number of benzene rings is 5. The summed E-state index contributed by atoms with van der Waals surface area (Å²) in [5.41, 5.74) is 2.66. The average molecular weight is 501 g/mol. The fraction of sp³-hybridized carbons (Fsp3) is 0. The number of hydrogen-bond acceptors (Lipinski definition) is 6. The van der Waals surface area contributed by atoms with Gasteiger partial charge in [-0.15, -0.1) is 0 Å². The maximum atomic E-state index is 9.93. The van der Waals surface area contributed by atoms with Gasteiger partial charge in [0.2, 0.25) is 0 Å². The minimum absolute atomic E-state index is 0.174. The Hall–Kier alpha value is -5.36. The molecule has 0 unspecified atom stereocenters. The lowest BCUT2D eigenvalue weighted by Crippen LogP contribution is -1.87. The monoisotopic (exact) mass is 500 g/mol. The van der Waals surface area contributed by atoms with E-state index in [4.69, 9.17) is 9.47 Å². The van der Waals surface area contributed by atoms with Crippen molar-refractivity contribution in [3.63, 3.8) is 0 Å². The van der Waals surface area contributed by atoms with Gasteiger partial charge in [-0.1, -0.05) is 42.5 Å². The topological polar surface area (TPSA) is 83.6 Å². The highest BCUT2D eigenvalue weighted by atomic mass is 16.5. The Morgan fingerprint density at radius 3 is 1.29 bits per heavy atom. The summed E-state index contributed by atoms with van der Waals surface area (Å²) in [6, 6.07) is 36.1. The van der Waals surface area contributed by atoms with Gasteiger partial charge in [0.15, 0.2) is 0 Å². The Morgan fingerprint density at radius 1 is 0.447 bits per heavy atom. The van der Waals surface area contributed by atoms with Crippen molar-refractivity contribution in [1.82, 2.24) is 0 Å². The first-order valence-electron chi connectivity index (χ1n) is 11.9. The van der Waals surface area contributed by atoms with Crippen molar-refractivity contribution < 1.29 is 19.7 Å². The minimum Gasteiger partial charge on any atom is -0.507 e. The third-order valence-corrected chi connectivity index (χ3v) is 5.49. The summed E-state index contributed by atoms with van der Waals surface area (Å²) in [6.07, 6.45) is 3.23. The van der Waals surface area contributed by atoms with Crippen LogP contribution in [0.25, 0.3) is 0 Å². The van der Waals surface area contributed by atoms with Crippen molar-refractivity contribution in [2.45, 2.75) is 0 Å². The van der Waals surface area contributed by atoms with E-state index in [1.54, 1.807) is 54.9 Å². The molecular formula is C32H24N2O4. The Bertz CT molecular complexity index is 1490. The van der Waals surface area contributed by atoms with Crippen LogP contribution in [-0.2, 0) is 0 Å². The highest BCUT2D eigenvalue weighted by molar-refractivity contribution is 5.86. The number of ether oxygens (including phenoxy) is 2. The third kappa shape index (κ3) is 6.44. The summed E-state index contributed by atoms with van der Waals surface area (Å²) in [4.78, 5) is 8.89. The molecule has 2 N–H and O–H groups in total. The van der Waals surface area contributed by atoms with Crippen LogP contribution in [0.3, 0.4) is 0 Å². The molecule has 6 nitrogen and oxygen atoms in total. The lowest BCUT2D eigenvalue weighted by molar-refractivity contribution is 0.460. The molecule has 0 bridgehead atoms. The molecule has 0 saturated carbocycles. The van der Waals surface area contributed by atoms with Gasteiger partial charge in [0.1, 0.15) is 34.5 Å². The van der Waals surface area contributed by atoms with Crippen molar-refractivity contribution in [3.05, 3.63) is 132 Å². The van der Waals surface area contributed by atoms with Crippen LogP contribution in [0.15, 0.2) is 131 Å². The van der Waals surface area contributed by atoms with Gasteiger partial charge in [-0.05, 0) is 60.7 Å². The molecular weight excluding hydrogens is 476 g/mol. The first-order valence-corrected chi connectivity index (χ1v) is 11.9. The molecule has 0 saturated heterocycles. The molecule has 0 heterocycles. The van der Waals surface area contributed by atoms with E-state index in [2.05, 4.69) is 9.98 Å². The number of nitrogens with zero attached hydrogens (tertiary/aromatic N) is 2. The molecule has 5 rings (SSSR count). The molecule has 5 aromatic carbocycles. The lowest BCUT2D eigenvalue weighted by Gasteiger charge is -2.10. The molecule has 0 fully saturated rings. The second kappa shape index (κ2) is 11.6. The SMILES string of the molecule is Oc1ccccc1C=Nc1cccc(Oc2cccc(Oc3cccc(N=Cc4ccccc4O)c3)c2)c1. The number of aromatic hydroxyl groups is 2. The molecule has 0 aliphatic carbocycles. The molecule has 0 spiro atoms. The second-order valence-electron chi connectivity index (χ2n) is 8.31. The Kier molecular flexibility index (Phi) is 7.42. The molecule has 0 aliphatic rings. The van der Waals surface area contributed by atoms with Crippen LogP contribution < -0.4 is 9.47 Å². The summed E-state index contributed by atoms with van der Waals surface area (Å²) in [5, 5.41) is 19.9. The number of rotatable bonds is 8. The second-order valence-corrected chi connectivity index (χ2v) is 8.31. The van der Waals surface area contributed by atoms with Crippen molar-refractivity contribution in [1.29, 1.82) is 0 Å². The average Bonchev–Trinajstić information content (AvgIpc) is 2.93. The van der Waals surface area contributed by atoms with E-state index in [0.717, 1.165) is 0 Å². The summed E-state index contributed by atoms with van der Waals surface area (Å²) in [6.45, 7) is 0. The van der Waals surface area contributed by atoms with Gasteiger partial charge in [0.05, 0.1) is 11.4 Å². The summed E-state index contributed by atoms with van der Waals surface area (Å²) >= 11 is 0. The molecule has 0 atom stereocenters. The van der Waals surface area contributed by atoms with E-state index in [-0.39, 0.29) is 11.5 Å². The van der Waals surface area contributed by atoms with Gasteiger partial charge in [-0.3, -0.25) is 9.98 Å². The Labute approximate surface area is 220 Å². The first kappa shape index (κ1) is 24.3. The summed E-state index contributed by atoms with van der Waals surface area (Å²) in [5.74, 6) is 2.81. The fourth-order valence-electron chi connectivity index (χ4n) is 3.61. The number of aliphatic imine (C=N–C) groups is 2. The molecule has 0 aromatic heterocycles. The van der Waals surface area contributed by atoms with Crippen molar-refractivity contribution in [2.75, 3.05) is 0 Å². The highest BCUT2D eigenvalue weighted by Gasteiger charge is 2.04. The van der Waals surface area contributed by atoms with Gasteiger partial charge in [-0.25, -0.2) is 0 Å². The fourth-order valence-corrected chi connectivity index (χ4v) is 3.61. The molecule has 5 aromatic rings. The largest absolute Gasteiger partial charge is 0.507 e. The maximum absolute atomic E-state index is 9.93.